The first-order valence-corrected chi connectivity index (χ1v) is 7.08. The van der Waals surface area contributed by atoms with Gasteiger partial charge in [0.15, 0.2) is 0 Å². The van der Waals surface area contributed by atoms with Crippen LogP contribution in [0.3, 0.4) is 0 Å². The van der Waals surface area contributed by atoms with Gasteiger partial charge in [-0.05, 0) is 6.07 Å². The summed E-state index contributed by atoms with van der Waals surface area (Å²) < 4.78 is 0. The molecule has 3 N–H and O–H groups in total. The van der Waals surface area contributed by atoms with Crippen LogP contribution >= 0.6 is 0 Å². The zero-order chi connectivity index (χ0) is 14.9. The maximum atomic E-state index is 6.45. The lowest BCUT2D eigenvalue weighted by Gasteiger charge is -2.13. The van der Waals surface area contributed by atoms with Crippen molar-refractivity contribution in [3.8, 4) is 22.6 Å². The van der Waals surface area contributed by atoms with Crippen LogP contribution in [0.2, 0.25) is 0 Å². The van der Waals surface area contributed by atoms with Gasteiger partial charge in [-0.25, -0.2) is 9.97 Å². The lowest BCUT2D eigenvalue weighted by Crippen LogP contribution is -1.99. The molecule has 4 rings (SSSR count). The standard InChI is InChI=1S/C18H14N4/c19-16-13-8-4-5-9-14(13)22-17(12-6-2-1-3-7-12)15(16)18-20-10-11-21-18/h1-11H,(H2,19,22)(H,20,21). The molecule has 22 heavy (non-hydrogen) atoms. The molecule has 4 heteroatoms. The van der Waals surface area contributed by atoms with Crippen LogP contribution < -0.4 is 5.73 Å². The zero-order valence-electron chi connectivity index (χ0n) is 11.8. The summed E-state index contributed by atoms with van der Waals surface area (Å²) in [5, 5.41) is 0.939. The molecule has 0 unspecified atom stereocenters. The van der Waals surface area contributed by atoms with Gasteiger partial charge in [0, 0.05) is 23.3 Å². The van der Waals surface area contributed by atoms with Gasteiger partial charge < -0.3 is 10.7 Å². The fourth-order valence-corrected chi connectivity index (χ4v) is 2.68. The number of imidazole rings is 1. The minimum atomic E-state index is 0.694. The fraction of sp³-hybridized carbons (Fsp3) is 0. The molecule has 0 aliphatic heterocycles. The molecule has 4 aromatic rings. The van der Waals surface area contributed by atoms with Crippen molar-refractivity contribution in [1.82, 2.24) is 15.0 Å². The number of nitrogens with one attached hydrogen (secondary N) is 1. The first-order chi connectivity index (χ1) is 10.8. The average Bonchev–Trinajstić information content (AvgIpc) is 3.10. The summed E-state index contributed by atoms with van der Waals surface area (Å²) >= 11 is 0. The van der Waals surface area contributed by atoms with E-state index >= 15 is 0 Å². The van der Waals surface area contributed by atoms with E-state index in [-0.39, 0.29) is 0 Å². The largest absolute Gasteiger partial charge is 0.398 e. The molecule has 2 aromatic carbocycles. The Morgan fingerprint density at radius 2 is 1.68 bits per heavy atom. The summed E-state index contributed by atoms with van der Waals surface area (Å²) in [6.45, 7) is 0. The van der Waals surface area contributed by atoms with Crippen molar-refractivity contribution >= 4 is 16.6 Å². The van der Waals surface area contributed by atoms with E-state index in [2.05, 4.69) is 9.97 Å². The number of para-hydroxylation sites is 1. The van der Waals surface area contributed by atoms with Gasteiger partial charge in [0.25, 0.3) is 0 Å². The van der Waals surface area contributed by atoms with E-state index in [0.29, 0.717) is 5.69 Å². The van der Waals surface area contributed by atoms with Gasteiger partial charge in [0.2, 0.25) is 0 Å². The van der Waals surface area contributed by atoms with Gasteiger partial charge in [-0.3, -0.25) is 0 Å². The highest BCUT2D eigenvalue weighted by atomic mass is 14.9. The third-order valence-electron chi connectivity index (χ3n) is 3.71. The first kappa shape index (κ1) is 12.6. The van der Waals surface area contributed by atoms with Gasteiger partial charge in [0.1, 0.15) is 5.82 Å². The van der Waals surface area contributed by atoms with Gasteiger partial charge in [-0.1, -0.05) is 48.5 Å². The van der Waals surface area contributed by atoms with E-state index in [0.717, 1.165) is 33.5 Å². The Bertz CT molecular complexity index is 928. The number of pyridine rings is 1. The maximum absolute atomic E-state index is 6.45. The summed E-state index contributed by atoms with van der Waals surface area (Å²) in [5.74, 6) is 0.731. The van der Waals surface area contributed by atoms with Crippen molar-refractivity contribution < 1.29 is 0 Å². The number of fused-ring (bicyclic) bond motifs is 1. The molecular weight excluding hydrogens is 272 g/mol. The Hall–Kier alpha value is -3.14. The molecule has 0 saturated heterocycles. The fourth-order valence-electron chi connectivity index (χ4n) is 2.68. The number of hydrogen-bond acceptors (Lipinski definition) is 3. The second-order valence-corrected chi connectivity index (χ2v) is 5.07. The number of hydrogen-bond donors (Lipinski definition) is 2. The van der Waals surface area contributed by atoms with E-state index < -0.39 is 0 Å². The molecule has 0 radical (unpaired) electrons. The van der Waals surface area contributed by atoms with Crippen molar-refractivity contribution in [3.05, 3.63) is 67.0 Å². The molecule has 0 bridgehead atoms. The van der Waals surface area contributed by atoms with Crippen molar-refractivity contribution in [2.45, 2.75) is 0 Å². The lowest BCUT2D eigenvalue weighted by molar-refractivity contribution is 1.29. The predicted octanol–water partition coefficient (Wildman–Crippen LogP) is 3.87. The van der Waals surface area contributed by atoms with E-state index in [1.54, 1.807) is 12.4 Å². The highest BCUT2D eigenvalue weighted by Gasteiger charge is 2.17. The average molecular weight is 286 g/mol. The SMILES string of the molecule is Nc1c(-c2ncc[nH]2)c(-c2ccccc2)nc2ccccc12. The molecule has 0 spiro atoms. The predicted molar refractivity (Wildman–Crippen MR) is 89.2 cm³/mol. The Labute approximate surface area is 127 Å². The molecule has 0 aliphatic rings. The third-order valence-corrected chi connectivity index (χ3v) is 3.71. The van der Waals surface area contributed by atoms with Crippen molar-refractivity contribution in [1.29, 1.82) is 0 Å². The number of rotatable bonds is 2. The molecule has 0 fully saturated rings. The molecule has 4 nitrogen and oxygen atoms in total. The van der Waals surface area contributed by atoms with Gasteiger partial charge in [0.05, 0.1) is 22.5 Å². The highest BCUT2D eigenvalue weighted by Crippen LogP contribution is 2.37. The minimum Gasteiger partial charge on any atom is -0.398 e. The van der Waals surface area contributed by atoms with Crippen LogP contribution in [-0.2, 0) is 0 Å². The van der Waals surface area contributed by atoms with Crippen LogP contribution in [0.5, 0.6) is 0 Å². The van der Waals surface area contributed by atoms with E-state index in [9.17, 15) is 0 Å². The first-order valence-electron chi connectivity index (χ1n) is 7.08. The van der Waals surface area contributed by atoms with E-state index in [1.807, 2.05) is 54.6 Å². The highest BCUT2D eigenvalue weighted by molar-refractivity contribution is 6.02. The number of aromatic nitrogens is 3. The summed E-state index contributed by atoms with van der Waals surface area (Å²) in [6, 6.07) is 17.9. The Morgan fingerprint density at radius 1 is 0.909 bits per heavy atom. The van der Waals surface area contributed by atoms with E-state index in [1.165, 1.54) is 0 Å². The van der Waals surface area contributed by atoms with Gasteiger partial charge >= 0.3 is 0 Å². The summed E-state index contributed by atoms with van der Waals surface area (Å²) in [6.07, 6.45) is 3.51. The summed E-state index contributed by atoms with van der Waals surface area (Å²) in [7, 11) is 0. The monoisotopic (exact) mass is 286 g/mol. The number of nitrogens with zero attached hydrogens (tertiary/aromatic N) is 2. The smallest absolute Gasteiger partial charge is 0.141 e. The number of H-pyrrole nitrogens is 1. The molecule has 0 saturated carbocycles. The third kappa shape index (κ3) is 1.93. The van der Waals surface area contributed by atoms with Crippen LogP contribution in [0, 0.1) is 0 Å². The zero-order valence-corrected chi connectivity index (χ0v) is 11.8. The molecule has 2 aromatic heterocycles. The van der Waals surface area contributed by atoms with Crippen LogP contribution in [0.1, 0.15) is 0 Å². The second kappa shape index (κ2) is 5.00. The number of benzene rings is 2. The number of nitrogen functional groups attached to an aromatic ring is 1. The number of aromatic amines is 1. The Balaban J connectivity index is 2.12. The number of anilines is 1. The molecule has 0 amide bonds. The minimum absolute atomic E-state index is 0.694. The van der Waals surface area contributed by atoms with E-state index in [4.69, 9.17) is 10.7 Å². The van der Waals surface area contributed by atoms with Crippen molar-refractivity contribution in [3.63, 3.8) is 0 Å². The van der Waals surface area contributed by atoms with Gasteiger partial charge in [-0.2, -0.15) is 0 Å². The summed E-state index contributed by atoms with van der Waals surface area (Å²) in [4.78, 5) is 12.3. The Morgan fingerprint density at radius 3 is 2.45 bits per heavy atom. The molecular formula is C18H14N4. The van der Waals surface area contributed by atoms with Gasteiger partial charge in [-0.15, -0.1) is 0 Å². The molecule has 106 valence electrons. The van der Waals surface area contributed by atoms with Crippen LogP contribution in [-0.4, -0.2) is 15.0 Å². The van der Waals surface area contributed by atoms with Crippen LogP contribution in [0.4, 0.5) is 5.69 Å². The van der Waals surface area contributed by atoms with Crippen molar-refractivity contribution in [2.24, 2.45) is 0 Å². The normalized spacial score (nSPS) is 10.9. The maximum Gasteiger partial charge on any atom is 0.141 e. The van der Waals surface area contributed by atoms with Crippen LogP contribution in [0.25, 0.3) is 33.5 Å². The summed E-state index contributed by atoms with van der Waals surface area (Å²) in [5.41, 5.74) is 10.7. The van der Waals surface area contributed by atoms with Crippen LogP contribution in [0.15, 0.2) is 67.0 Å². The number of nitrogens with two attached hydrogens (primary N) is 1. The molecule has 0 atom stereocenters. The van der Waals surface area contributed by atoms with Crippen molar-refractivity contribution in [2.75, 3.05) is 5.73 Å². The molecule has 0 aliphatic carbocycles. The topological polar surface area (TPSA) is 67.6 Å². The Kier molecular flexibility index (Phi) is 2.86. The quantitative estimate of drug-likeness (QED) is 0.587. The second-order valence-electron chi connectivity index (χ2n) is 5.07. The molecule has 2 heterocycles. The lowest BCUT2D eigenvalue weighted by atomic mass is 10.0.